The Labute approximate surface area is 154 Å². The number of ether oxygens (including phenoxy) is 1. The predicted octanol–water partition coefficient (Wildman–Crippen LogP) is 3.25. The molecule has 1 heterocycles. The van der Waals surface area contributed by atoms with E-state index in [4.69, 9.17) is 4.74 Å². The van der Waals surface area contributed by atoms with Gasteiger partial charge in [-0.3, -0.25) is 4.79 Å². The second-order valence-corrected chi connectivity index (χ2v) is 6.61. The summed E-state index contributed by atoms with van der Waals surface area (Å²) in [4.78, 5) is 16.3. The Morgan fingerprint density at radius 3 is 2.50 bits per heavy atom. The van der Waals surface area contributed by atoms with E-state index in [1.807, 2.05) is 0 Å². The van der Waals surface area contributed by atoms with Crippen molar-refractivity contribution in [1.29, 1.82) is 0 Å². The molecule has 4 nitrogen and oxygen atoms in total. The predicted molar refractivity (Wildman–Crippen MR) is 101 cm³/mol. The van der Waals surface area contributed by atoms with E-state index < -0.39 is 0 Å². The van der Waals surface area contributed by atoms with E-state index in [9.17, 15) is 9.18 Å². The van der Waals surface area contributed by atoms with Gasteiger partial charge >= 0.3 is 0 Å². The fourth-order valence-corrected chi connectivity index (χ4v) is 3.13. The molecule has 2 aromatic carbocycles. The molecule has 138 valence electrons. The molecule has 5 heteroatoms. The van der Waals surface area contributed by atoms with Crippen LogP contribution in [0.4, 0.5) is 10.1 Å². The lowest BCUT2D eigenvalue weighted by atomic mass is 10.1. The van der Waals surface area contributed by atoms with Crippen LogP contribution in [0.2, 0.25) is 0 Å². The molecule has 0 atom stereocenters. The van der Waals surface area contributed by atoms with E-state index in [1.165, 1.54) is 11.8 Å². The summed E-state index contributed by atoms with van der Waals surface area (Å²) in [6.45, 7) is 3.91. The molecule has 3 rings (SSSR count). The van der Waals surface area contributed by atoms with Gasteiger partial charge in [0.25, 0.3) is 0 Å². The third-order valence-corrected chi connectivity index (χ3v) is 4.72. The van der Waals surface area contributed by atoms with Crippen LogP contribution < -0.4 is 4.90 Å². The number of morpholine rings is 1. The molecular formula is C21H25FN2O2. The van der Waals surface area contributed by atoms with Gasteiger partial charge in [-0.15, -0.1) is 0 Å². The number of aryl methyl sites for hydroxylation is 1. The molecule has 1 aliphatic heterocycles. The van der Waals surface area contributed by atoms with Crippen LogP contribution in [-0.4, -0.2) is 44.2 Å². The lowest BCUT2D eigenvalue weighted by molar-refractivity contribution is -0.130. The third kappa shape index (κ3) is 4.82. The minimum Gasteiger partial charge on any atom is -0.378 e. The molecule has 0 unspecified atom stereocenters. The van der Waals surface area contributed by atoms with E-state index in [2.05, 4.69) is 29.2 Å². The molecule has 0 aliphatic carbocycles. The Morgan fingerprint density at radius 1 is 1.12 bits per heavy atom. The van der Waals surface area contributed by atoms with Gasteiger partial charge in [0.1, 0.15) is 5.82 Å². The number of hydrogen-bond acceptors (Lipinski definition) is 3. The molecule has 0 radical (unpaired) electrons. The highest BCUT2D eigenvalue weighted by Crippen LogP contribution is 2.18. The van der Waals surface area contributed by atoms with Crippen LogP contribution >= 0.6 is 0 Å². The number of rotatable bonds is 6. The molecule has 0 saturated carbocycles. The maximum Gasteiger partial charge on any atom is 0.222 e. The molecule has 0 aromatic heterocycles. The number of benzene rings is 2. The molecule has 1 saturated heterocycles. The van der Waals surface area contributed by atoms with Gasteiger partial charge in [-0.2, -0.15) is 0 Å². The summed E-state index contributed by atoms with van der Waals surface area (Å²) in [6, 6.07) is 14.9. The fraction of sp³-hybridized carbons (Fsp3) is 0.381. The molecule has 1 aliphatic rings. The van der Waals surface area contributed by atoms with E-state index in [-0.39, 0.29) is 11.7 Å². The van der Waals surface area contributed by atoms with Crippen molar-refractivity contribution in [3.05, 3.63) is 65.5 Å². The average Bonchev–Trinajstić information content (AvgIpc) is 2.68. The maximum absolute atomic E-state index is 13.6. The van der Waals surface area contributed by atoms with Crippen molar-refractivity contribution in [3.8, 4) is 0 Å². The first-order valence-corrected chi connectivity index (χ1v) is 9.02. The molecule has 1 amide bonds. The van der Waals surface area contributed by atoms with Crippen molar-refractivity contribution in [2.24, 2.45) is 0 Å². The van der Waals surface area contributed by atoms with Crippen molar-refractivity contribution in [3.63, 3.8) is 0 Å². The molecule has 0 spiro atoms. The van der Waals surface area contributed by atoms with Crippen LogP contribution in [0.3, 0.4) is 0 Å². The highest BCUT2D eigenvalue weighted by molar-refractivity contribution is 5.76. The second kappa shape index (κ2) is 8.81. The van der Waals surface area contributed by atoms with Crippen LogP contribution in [-0.2, 0) is 22.5 Å². The zero-order chi connectivity index (χ0) is 18.4. The monoisotopic (exact) mass is 356 g/mol. The lowest BCUT2D eigenvalue weighted by Crippen LogP contribution is -2.36. The lowest BCUT2D eigenvalue weighted by Gasteiger charge is -2.29. The SMILES string of the molecule is CN(Cc1ccc(N2CCOCC2)cc1)C(=O)CCc1ccccc1F. The van der Waals surface area contributed by atoms with Crippen LogP contribution in [0.1, 0.15) is 17.5 Å². The smallest absolute Gasteiger partial charge is 0.222 e. The van der Waals surface area contributed by atoms with Crippen molar-refractivity contribution < 1.29 is 13.9 Å². The van der Waals surface area contributed by atoms with Crippen molar-refractivity contribution in [2.45, 2.75) is 19.4 Å². The number of amides is 1. The molecule has 0 N–H and O–H groups in total. The van der Waals surface area contributed by atoms with Gasteiger partial charge in [0.15, 0.2) is 0 Å². The number of hydrogen-bond donors (Lipinski definition) is 0. The summed E-state index contributed by atoms with van der Waals surface area (Å²) in [7, 11) is 1.79. The quantitative estimate of drug-likeness (QED) is 0.796. The van der Waals surface area contributed by atoms with Crippen LogP contribution in [0.5, 0.6) is 0 Å². The van der Waals surface area contributed by atoms with Crippen molar-refractivity contribution in [2.75, 3.05) is 38.3 Å². The number of carbonyl (C=O) groups excluding carboxylic acids is 1. The van der Waals surface area contributed by atoms with Gasteiger partial charge < -0.3 is 14.5 Å². The van der Waals surface area contributed by atoms with Gasteiger partial charge in [0, 0.05) is 38.8 Å². The van der Waals surface area contributed by atoms with Crippen molar-refractivity contribution in [1.82, 2.24) is 4.90 Å². The Bertz CT molecular complexity index is 727. The van der Waals surface area contributed by atoms with Gasteiger partial charge in [0.2, 0.25) is 5.91 Å². The largest absolute Gasteiger partial charge is 0.378 e. The first-order valence-electron chi connectivity index (χ1n) is 9.02. The maximum atomic E-state index is 13.6. The van der Waals surface area contributed by atoms with Crippen LogP contribution in [0.15, 0.2) is 48.5 Å². The Kier molecular flexibility index (Phi) is 6.23. The van der Waals surface area contributed by atoms with Gasteiger partial charge in [-0.05, 0) is 35.7 Å². The van der Waals surface area contributed by atoms with Gasteiger partial charge in [-0.25, -0.2) is 4.39 Å². The molecule has 2 aromatic rings. The molecule has 1 fully saturated rings. The normalized spacial score (nSPS) is 14.3. The van der Waals surface area contributed by atoms with Crippen LogP contribution in [0, 0.1) is 5.82 Å². The molecule has 0 bridgehead atoms. The topological polar surface area (TPSA) is 32.8 Å². The standard InChI is InChI=1S/C21H25FN2O2/c1-23(21(25)11-8-18-4-2-3-5-20(18)22)16-17-6-9-19(10-7-17)24-12-14-26-15-13-24/h2-7,9-10H,8,11-16H2,1H3. The highest BCUT2D eigenvalue weighted by atomic mass is 19.1. The summed E-state index contributed by atoms with van der Waals surface area (Å²) in [5, 5.41) is 0. The number of anilines is 1. The summed E-state index contributed by atoms with van der Waals surface area (Å²) >= 11 is 0. The minimum absolute atomic E-state index is 0.0190. The summed E-state index contributed by atoms with van der Waals surface area (Å²) in [6.07, 6.45) is 0.731. The summed E-state index contributed by atoms with van der Waals surface area (Å²) in [5.41, 5.74) is 2.86. The Balaban J connectivity index is 1.51. The number of halogens is 1. The zero-order valence-electron chi connectivity index (χ0n) is 15.2. The first-order chi connectivity index (χ1) is 12.6. The van der Waals surface area contributed by atoms with Crippen molar-refractivity contribution >= 4 is 11.6 Å². The van der Waals surface area contributed by atoms with Gasteiger partial charge in [0.05, 0.1) is 13.2 Å². The number of nitrogens with zero attached hydrogens (tertiary/aromatic N) is 2. The zero-order valence-corrected chi connectivity index (χ0v) is 15.2. The Morgan fingerprint density at radius 2 is 1.81 bits per heavy atom. The summed E-state index contributed by atoms with van der Waals surface area (Å²) < 4.78 is 19.0. The van der Waals surface area contributed by atoms with E-state index in [0.29, 0.717) is 24.9 Å². The molecule has 26 heavy (non-hydrogen) atoms. The van der Waals surface area contributed by atoms with Crippen LogP contribution in [0.25, 0.3) is 0 Å². The highest BCUT2D eigenvalue weighted by Gasteiger charge is 2.13. The fourth-order valence-electron chi connectivity index (χ4n) is 3.13. The molecular weight excluding hydrogens is 331 g/mol. The van der Waals surface area contributed by atoms with E-state index in [0.717, 1.165) is 31.9 Å². The number of carbonyl (C=O) groups is 1. The second-order valence-electron chi connectivity index (χ2n) is 6.61. The van der Waals surface area contributed by atoms with E-state index >= 15 is 0 Å². The van der Waals surface area contributed by atoms with E-state index in [1.54, 1.807) is 30.1 Å². The third-order valence-electron chi connectivity index (χ3n) is 4.72. The first kappa shape index (κ1) is 18.4. The average molecular weight is 356 g/mol. The Hall–Kier alpha value is -2.40. The summed E-state index contributed by atoms with van der Waals surface area (Å²) in [5.74, 6) is -0.229. The van der Waals surface area contributed by atoms with Gasteiger partial charge in [-0.1, -0.05) is 30.3 Å². The minimum atomic E-state index is -0.248.